The molecule has 0 saturated carbocycles. The number of carbonyl (C=O) groups is 1. The lowest BCUT2D eigenvalue weighted by atomic mass is 9.78. The number of rotatable bonds is 4. The van der Waals surface area contributed by atoms with Gasteiger partial charge in [0.1, 0.15) is 5.75 Å². The summed E-state index contributed by atoms with van der Waals surface area (Å²) in [6.45, 7) is 7.06. The summed E-state index contributed by atoms with van der Waals surface area (Å²) >= 11 is 0. The Morgan fingerprint density at radius 1 is 1.07 bits per heavy atom. The van der Waals surface area contributed by atoms with Gasteiger partial charge in [0.05, 0.1) is 12.5 Å². The van der Waals surface area contributed by atoms with Crippen molar-refractivity contribution in [2.75, 3.05) is 6.61 Å². The fourth-order valence-corrected chi connectivity index (χ4v) is 4.27. The Hall–Kier alpha value is -2.81. The van der Waals surface area contributed by atoms with Crippen molar-refractivity contribution in [3.63, 3.8) is 0 Å². The summed E-state index contributed by atoms with van der Waals surface area (Å²) in [4.78, 5) is 12.3. The molecule has 0 aromatic heterocycles. The first-order chi connectivity index (χ1) is 13.8. The highest BCUT2D eigenvalue weighted by Crippen LogP contribution is 2.40. The standard InChI is InChI=1S/C26H28O3/c1-26(2,3)16-23(25(27)28)22-15-18-8-5-4-7-17(18)14-21(22)19-10-11-24-20(13-19)9-6-12-29-24/h4-5,7-8,10-11,13-15,23H,6,9,12,16H2,1-3H3,(H,27,28). The van der Waals surface area contributed by atoms with Crippen LogP contribution in [0.2, 0.25) is 0 Å². The zero-order valence-electron chi connectivity index (χ0n) is 17.4. The number of carboxylic acids is 1. The second-order valence-corrected chi connectivity index (χ2v) is 9.22. The predicted molar refractivity (Wildman–Crippen MR) is 118 cm³/mol. The highest BCUT2D eigenvalue weighted by Gasteiger charge is 2.29. The molecule has 0 saturated heterocycles. The summed E-state index contributed by atoms with van der Waals surface area (Å²) in [6, 6.07) is 18.7. The van der Waals surface area contributed by atoms with Crippen LogP contribution >= 0.6 is 0 Å². The maximum absolute atomic E-state index is 12.3. The van der Waals surface area contributed by atoms with E-state index >= 15 is 0 Å². The molecule has 0 amide bonds. The molecule has 3 heteroatoms. The number of hydrogen-bond donors (Lipinski definition) is 1. The van der Waals surface area contributed by atoms with Crippen molar-refractivity contribution in [3.8, 4) is 16.9 Å². The Labute approximate surface area is 172 Å². The molecule has 1 heterocycles. The molecule has 0 radical (unpaired) electrons. The van der Waals surface area contributed by atoms with Gasteiger partial charge in [0.2, 0.25) is 0 Å². The largest absolute Gasteiger partial charge is 0.493 e. The molecule has 150 valence electrons. The van der Waals surface area contributed by atoms with Crippen molar-refractivity contribution in [2.24, 2.45) is 5.41 Å². The van der Waals surface area contributed by atoms with E-state index in [0.29, 0.717) is 6.42 Å². The van der Waals surface area contributed by atoms with Crippen LogP contribution in [0, 0.1) is 5.41 Å². The second kappa shape index (κ2) is 7.55. The number of fused-ring (bicyclic) bond motifs is 2. The fourth-order valence-electron chi connectivity index (χ4n) is 4.27. The maximum atomic E-state index is 12.3. The number of carboxylic acid groups (broad SMARTS) is 1. The minimum absolute atomic E-state index is 0.0876. The molecule has 0 aliphatic carbocycles. The van der Waals surface area contributed by atoms with E-state index in [0.717, 1.165) is 52.7 Å². The van der Waals surface area contributed by atoms with Crippen LogP contribution in [-0.4, -0.2) is 17.7 Å². The first-order valence-electron chi connectivity index (χ1n) is 10.3. The lowest BCUT2D eigenvalue weighted by molar-refractivity contribution is -0.139. The van der Waals surface area contributed by atoms with Gasteiger partial charge in [0.15, 0.2) is 0 Å². The van der Waals surface area contributed by atoms with Crippen LogP contribution in [0.1, 0.15) is 50.7 Å². The van der Waals surface area contributed by atoms with Gasteiger partial charge in [-0.2, -0.15) is 0 Å². The minimum atomic E-state index is -0.766. The van der Waals surface area contributed by atoms with E-state index in [1.807, 2.05) is 18.2 Å². The lowest BCUT2D eigenvalue weighted by Crippen LogP contribution is -2.20. The number of hydrogen-bond acceptors (Lipinski definition) is 2. The van der Waals surface area contributed by atoms with Gasteiger partial charge in [-0.05, 0) is 82.0 Å². The molecule has 1 N–H and O–H groups in total. The average Bonchev–Trinajstić information content (AvgIpc) is 2.70. The zero-order chi connectivity index (χ0) is 20.6. The third-order valence-electron chi connectivity index (χ3n) is 5.63. The highest BCUT2D eigenvalue weighted by molar-refractivity contribution is 5.92. The smallest absolute Gasteiger partial charge is 0.311 e. The third kappa shape index (κ3) is 4.14. The third-order valence-corrected chi connectivity index (χ3v) is 5.63. The van der Waals surface area contributed by atoms with Crippen molar-refractivity contribution < 1.29 is 14.6 Å². The topological polar surface area (TPSA) is 46.5 Å². The van der Waals surface area contributed by atoms with E-state index in [2.05, 4.69) is 57.2 Å². The Balaban J connectivity index is 1.92. The predicted octanol–water partition coefficient (Wildman–Crippen LogP) is 6.44. The molecule has 1 atom stereocenters. The zero-order valence-corrected chi connectivity index (χ0v) is 17.4. The van der Waals surface area contributed by atoms with Crippen LogP contribution in [0.15, 0.2) is 54.6 Å². The van der Waals surface area contributed by atoms with Crippen LogP contribution in [0.4, 0.5) is 0 Å². The molecule has 1 unspecified atom stereocenters. The summed E-state index contributed by atoms with van der Waals surface area (Å²) in [7, 11) is 0. The van der Waals surface area contributed by atoms with Gasteiger partial charge in [-0.1, -0.05) is 51.1 Å². The van der Waals surface area contributed by atoms with E-state index in [9.17, 15) is 9.90 Å². The first-order valence-corrected chi connectivity index (χ1v) is 10.3. The number of aryl methyl sites for hydroxylation is 1. The Morgan fingerprint density at radius 2 is 1.79 bits per heavy atom. The van der Waals surface area contributed by atoms with E-state index in [1.165, 1.54) is 5.56 Å². The summed E-state index contributed by atoms with van der Waals surface area (Å²) in [5, 5.41) is 12.3. The van der Waals surface area contributed by atoms with Crippen LogP contribution in [-0.2, 0) is 11.2 Å². The van der Waals surface area contributed by atoms with Crippen LogP contribution in [0.5, 0.6) is 5.75 Å². The van der Waals surface area contributed by atoms with Crippen molar-refractivity contribution in [3.05, 3.63) is 65.7 Å². The van der Waals surface area contributed by atoms with Gasteiger partial charge in [0.25, 0.3) is 0 Å². The SMILES string of the molecule is CC(C)(C)CC(C(=O)O)c1cc2ccccc2cc1-c1ccc2c(c1)CCCO2. The summed E-state index contributed by atoms with van der Waals surface area (Å²) in [5.74, 6) is -0.369. The molecule has 29 heavy (non-hydrogen) atoms. The number of benzene rings is 3. The number of aliphatic carboxylic acids is 1. The second-order valence-electron chi connectivity index (χ2n) is 9.22. The number of ether oxygens (including phenoxy) is 1. The molecule has 3 aromatic carbocycles. The molecule has 1 aliphatic heterocycles. The first kappa shape index (κ1) is 19.5. The van der Waals surface area contributed by atoms with Gasteiger partial charge in [-0.15, -0.1) is 0 Å². The van der Waals surface area contributed by atoms with E-state index in [1.54, 1.807) is 0 Å². The van der Waals surface area contributed by atoms with Gasteiger partial charge in [-0.25, -0.2) is 0 Å². The van der Waals surface area contributed by atoms with Gasteiger partial charge in [-0.3, -0.25) is 4.79 Å². The summed E-state index contributed by atoms with van der Waals surface area (Å²) in [6.07, 6.45) is 2.60. The van der Waals surface area contributed by atoms with Crippen LogP contribution < -0.4 is 4.74 Å². The normalized spacial score (nSPS) is 14.9. The fraction of sp³-hybridized carbons (Fsp3) is 0.346. The van der Waals surface area contributed by atoms with E-state index in [-0.39, 0.29) is 5.41 Å². The minimum Gasteiger partial charge on any atom is -0.493 e. The van der Waals surface area contributed by atoms with Crippen molar-refractivity contribution >= 4 is 16.7 Å². The van der Waals surface area contributed by atoms with Crippen LogP contribution in [0.25, 0.3) is 21.9 Å². The van der Waals surface area contributed by atoms with Crippen molar-refractivity contribution in [1.29, 1.82) is 0 Å². The monoisotopic (exact) mass is 388 g/mol. The maximum Gasteiger partial charge on any atom is 0.311 e. The summed E-state index contributed by atoms with van der Waals surface area (Å²) < 4.78 is 5.77. The Kier molecular flexibility index (Phi) is 5.08. The Morgan fingerprint density at radius 3 is 2.48 bits per heavy atom. The molecule has 0 fully saturated rings. The van der Waals surface area contributed by atoms with Gasteiger partial charge >= 0.3 is 5.97 Å². The lowest BCUT2D eigenvalue weighted by Gasteiger charge is -2.26. The van der Waals surface area contributed by atoms with E-state index < -0.39 is 11.9 Å². The molecule has 3 nitrogen and oxygen atoms in total. The van der Waals surface area contributed by atoms with E-state index in [4.69, 9.17) is 4.74 Å². The van der Waals surface area contributed by atoms with Gasteiger partial charge < -0.3 is 9.84 Å². The molecule has 4 rings (SSSR count). The molecular weight excluding hydrogens is 360 g/mol. The quantitative estimate of drug-likeness (QED) is 0.560. The van der Waals surface area contributed by atoms with Crippen LogP contribution in [0.3, 0.4) is 0 Å². The molecule has 0 bridgehead atoms. The van der Waals surface area contributed by atoms with Gasteiger partial charge in [0, 0.05) is 0 Å². The highest BCUT2D eigenvalue weighted by atomic mass is 16.5. The molecule has 1 aliphatic rings. The van der Waals surface area contributed by atoms with Crippen molar-refractivity contribution in [2.45, 2.75) is 46.0 Å². The molecular formula is C26H28O3. The molecule has 3 aromatic rings. The van der Waals surface area contributed by atoms with Crippen molar-refractivity contribution in [1.82, 2.24) is 0 Å². The molecule has 0 spiro atoms. The summed E-state index contributed by atoms with van der Waals surface area (Å²) in [5.41, 5.74) is 4.08. The average molecular weight is 389 g/mol. The Bertz CT molecular complexity index is 1060.